The van der Waals surface area contributed by atoms with Gasteiger partial charge in [-0.3, -0.25) is 14.6 Å². The minimum Gasteiger partial charge on any atom is -0.492 e. The summed E-state index contributed by atoms with van der Waals surface area (Å²) >= 11 is 0. The molecule has 1 heterocycles. The number of amides is 1. The van der Waals surface area contributed by atoms with E-state index in [9.17, 15) is 4.79 Å². The van der Waals surface area contributed by atoms with E-state index in [4.69, 9.17) is 4.74 Å². The van der Waals surface area contributed by atoms with Crippen LogP contribution in [0.25, 0.3) is 0 Å². The molecule has 0 atom stereocenters. The first-order valence-electron chi connectivity index (χ1n) is 9.64. The number of nitrogens with zero attached hydrogens (tertiary/aromatic N) is 2. The van der Waals surface area contributed by atoms with Crippen molar-refractivity contribution >= 4 is 5.91 Å². The average molecular weight is 367 g/mol. The average Bonchev–Trinajstić information content (AvgIpc) is 2.69. The molecule has 0 aliphatic carbocycles. The van der Waals surface area contributed by atoms with Crippen molar-refractivity contribution in [3.05, 3.63) is 65.7 Å². The molecule has 144 valence electrons. The molecule has 5 heteroatoms. The molecule has 0 bridgehead atoms. The summed E-state index contributed by atoms with van der Waals surface area (Å²) in [7, 11) is 0. The highest BCUT2D eigenvalue weighted by Crippen LogP contribution is 2.11. The van der Waals surface area contributed by atoms with Crippen LogP contribution in [0.15, 0.2) is 54.6 Å². The first kappa shape index (κ1) is 19.4. The molecule has 0 saturated carbocycles. The maximum absolute atomic E-state index is 12.1. The van der Waals surface area contributed by atoms with Crippen molar-refractivity contribution in [2.45, 2.75) is 13.5 Å². The second-order valence-electron chi connectivity index (χ2n) is 7.05. The van der Waals surface area contributed by atoms with Gasteiger partial charge >= 0.3 is 0 Å². The van der Waals surface area contributed by atoms with Crippen molar-refractivity contribution in [3.63, 3.8) is 0 Å². The number of carbonyl (C=O) groups excluding carboxylic acids is 1. The van der Waals surface area contributed by atoms with Crippen LogP contribution in [-0.2, 0) is 11.3 Å². The molecular weight excluding hydrogens is 338 g/mol. The molecule has 0 spiro atoms. The van der Waals surface area contributed by atoms with Gasteiger partial charge in [-0.25, -0.2) is 0 Å². The van der Waals surface area contributed by atoms with E-state index in [1.54, 1.807) is 0 Å². The zero-order chi connectivity index (χ0) is 18.9. The SMILES string of the molecule is Cc1ccc(OCCNC(=O)CN2CCN(Cc3ccccc3)CC2)cc1. The number of hydrogen-bond donors (Lipinski definition) is 1. The Bertz CT molecular complexity index is 695. The lowest BCUT2D eigenvalue weighted by Crippen LogP contribution is -2.49. The van der Waals surface area contributed by atoms with E-state index in [1.807, 2.05) is 37.3 Å². The summed E-state index contributed by atoms with van der Waals surface area (Å²) < 4.78 is 5.64. The molecule has 1 N–H and O–H groups in total. The van der Waals surface area contributed by atoms with E-state index in [0.717, 1.165) is 38.5 Å². The molecule has 1 amide bonds. The van der Waals surface area contributed by atoms with E-state index < -0.39 is 0 Å². The van der Waals surface area contributed by atoms with Crippen LogP contribution in [0.1, 0.15) is 11.1 Å². The maximum atomic E-state index is 12.1. The van der Waals surface area contributed by atoms with E-state index in [-0.39, 0.29) is 5.91 Å². The van der Waals surface area contributed by atoms with Gasteiger partial charge in [-0.05, 0) is 24.6 Å². The molecule has 5 nitrogen and oxygen atoms in total. The fourth-order valence-electron chi connectivity index (χ4n) is 3.20. The summed E-state index contributed by atoms with van der Waals surface area (Å²) in [5.41, 5.74) is 2.55. The number of aryl methyl sites for hydroxylation is 1. The number of piperazine rings is 1. The third-order valence-corrected chi connectivity index (χ3v) is 4.80. The van der Waals surface area contributed by atoms with Crippen LogP contribution in [-0.4, -0.2) is 61.6 Å². The minimum atomic E-state index is 0.0685. The monoisotopic (exact) mass is 367 g/mol. The second kappa shape index (κ2) is 10.1. The smallest absolute Gasteiger partial charge is 0.234 e. The Kier molecular flexibility index (Phi) is 7.25. The van der Waals surface area contributed by atoms with Crippen molar-refractivity contribution < 1.29 is 9.53 Å². The molecule has 0 aromatic heterocycles. The quantitative estimate of drug-likeness (QED) is 0.728. The Morgan fingerprint density at radius 1 is 0.963 bits per heavy atom. The molecule has 3 rings (SSSR count). The van der Waals surface area contributed by atoms with E-state index >= 15 is 0 Å². The number of nitrogens with one attached hydrogen (secondary N) is 1. The summed E-state index contributed by atoms with van der Waals surface area (Å²) in [6.07, 6.45) is 0. The van der Waals surface area contributed by atoms with E-state index in [0.29, 0.717) is 19.7 Å². The van der Waals surface area contributed by atoms with Crippen LogP contribution >= 0.6 is 0 Å². The number of hydrogen-bond acceptors (Lipinski definition) is 4. The van der Waals surface area contributed by atoms with Gasteiger partial charge < -0.3 is 10.1 Å². The summed E-state index contributed by atoms with van der Waals surface area (Å²) in [6.45, 7) is 8.37. The van der Waals surface area contributed by atoms with Crippen molar-refractivity contribution in [3.8, 4) is 5.75 Å². The number of benzene rings is 2. The fraction of sp³-hybridized carbons (Fsp3) is 0.409. The predicted molar refractivity (Wildman–Crippen MR) is 108 cm³/mol. The highest BCUT2D eigenvalue weighted by molar-refractivity contribution is 5.78. The van der Waals surface area contributed by atoms with Crippen molar-refractivity contribution in [2.24, 2.45) is 0 Å². The first-order chi connectivity index (χ1) is 13.2. The van der Waals surface area contributed by atoms with E-state index in [1.165, 1.54) is 11.1 Å². The molecular formula is C22H29N3O2. The van der Waals surface area contributed by atoms with Crippen LogP contribution in [0.4, 0.5) is 0 Å². The number of ether oxygens (including phenoxy) is 1. The lowest BCUT2D eigenvalue weighted by Gasteiger charge is -2.34. The largest absolute Gasteiger partial charge is 0.492 e. The zero-order valence-electron chi connectivity index (χ0n) is 16.1. The molecule has 0 radical (unpaired) electrons. The predicted octanol–water partition coefficient (Wildman–Crippen LogP) is 2.31. The minimum absolute atomic E-state index is 0.0685. The Hall–Kier alpha value is -2.37. The Balaban J connectivity index is 1.28. The fourth-order valence-corrected chi connectivity index (χ4v) is 3.20. The standard InChI is InChI=1S/C22H29N3O2/c1-19-7-9-21(10-8-19)27-16-11-23-22(26)18-25-14-12-24(13-15-25)17-20-5-3-2-4-6-20/h2-10H,11-18H2,1H3,(H,23,26). The highest BCUT2D eigenvalue weighted by Gasteiger charge is 2.18. The Labute approximate surface area is 161 Å². The second-order valence-corrected chi connectivity index (χ2v) is 7.05. The number of carbonyl (C=O) groups is 1. The van der Waals surface area contributed by atoms with Gasteiger partial charge in [0.1, 0.15) is 12.4 Å². The Morgan fingerprint density at radius 2 is 1.63 bits per heavy atom. The third-order valence-electron chi connectivity index (χ3n) is 4.80. The Morgan fingerprint density at radius 3 is 2.33 bits per heavy atom. The summed E-state index contributed by atoms with van der Waals surface area (Å²) in [5, 5.41) is 2.94. The van der Waals surface area contributed by atoms with Gasteiger partial charge in [-0.2, -0.15) is 0 Å². The van der Waals surface area contributed by atoms with Crippen LogP contribution in [0.2, 0.25) is 0 Å². The molecule has 1 fully saturated rings. The van der Waals surface area contributed by atoms with Crippen molar-refractivity contribution in [1.82, 2.24) is 15.1 Å². The molecule has 1 saturated heterocycles. The third kappa shape index (κ3) is 6.70. The van der Waals surface area contributed by atoms with Gasteiger partial charge in [-0.1, -0.05) is 48.0 Å². The highest BCUT2D eigenvalue weighted by atomic mass is 16.5. The lowest BCUT2D eigenvalue weighted by atomic mass is 10.2. The number of rotatable bonds is 8. The molecule has 27 heavy (non-hydrogen) atoms. The molecule has 1 aliphatic rings. The molecule has 1 aliphatic heterocycles. The van der Waals surface area contributed by atoms with Gasteiger partial charge in [-0.15, -0.1) is 0 Å². The van der Waals surface area contributed by atoms with Gasteiger partial charge in [0.15, 0.2) is 0 Å². The van der Waals surface area contributed by atoms with E-state index in [2.05, 4.69) is 39.4 Å². The molecule has 2 aromatic rings. The normalized spacial score (nSPS) is 15.4. The van der Waals surface area contributed by atoms with Crippen LogP contribution < -0.4 is 10.1 Å². The van der Waals surface area contributed by atoms with Gasteiger partial charge in [0, 0.05) is 32.7 Å². The van der Waals surface area contributed by atoms with Crippen LogP contribution in [0.3, 0.4) is 0 Å². The zero-order valence-corrected chi connectivity index (χ0v) is 16.1. The van der Waals surface area contributed by atoms with Gasteiger partial charge in [0.05, 0.1) is 13.1 Å². The van der Waals surface area contributed by atoms with Gasteiger partial charge in [0.25, 0.3) is 0 Å². The maximum Gasteiger partial charge on any atom is 0.234 e. The van der Waals surface area contributed by atoms with Crippen LogP contribution in [0.5, 0.6) is 5.75 Å². The van der Waals surface area contributed by atoms with Crippen molar-refractivity contribution in [1.29, 1.82) is 0 Å². The molecule has 0 unspecified atom stereocenters. The van der Waals surface area contributed by atoms with Gasteiger partial charge in [0.2, 0.25) is 5.91 Å². The summed E-state index contributed by atoms with van der Waals surface area (Å²) in [6, 6.07) is 18.5. The lowest BCUT2D eigenvalue weighted by molar-refractivity contribution is -0.122. The topological polar surface area (TPSA) is 44.8 Å². The summed E-state index contributed by atoms with van der Waals surface area (Å²) in [5.74, 6) is 0.906. The van der Waals surface area contributed by atoms with Crippen molar-refractivity contribution in [2.75, 3.05) is 45.9 Å². The molecule has 2 aromatic carbocycles. The van der Waals surface area contributed by atoms with Crippen LogP contribution in [0, 0.1) is 6.92 Å². The first-order valence-corrected chi connectivity index (χ1v) is 9.64. The summed E-state index contributed by atoms with van der Waals surface area (Å²) in [4.78, 5) is 16.8.